The second-order valence-corrected chi connectivity index (χ2v) is 18.2. The lowest BCUT2D eigenvalue weighted by Crippen LogP contribution is -2.29. The highest BCUT2D eigenvalue weighted by Crippen LogP contribution is 2.30. The summed E-state index contributed by atoms with van der Waals surface area (Å²) in [5.41, 5.74) is -0.302. The minimum Gasteiger partial charge on any atom is -0.465 e. The summed E-state index contributed by atoms with van der Waals surface area (Å²) < 4.78 is 11.8. The van der Waals surface area contributed by atoms with E-state index in [2.05, 4.69) is 39.5 Å². The molecule has 0 aromatic heterocycles. The molecule has 0 unspecified atom stereocenters. The Morgan fingerprint density at radius 3 is 1.52 bits per heavy atom. The van der Waals surface area contributed by atoms with Crippen LogP contribution in [0.4, 0.5) is 0 Å². The fourth-order valence-corrected chi connectivity index (χ4v) is 7.57. The first-order valence-corrected chi connectivity index (χ1v) is 23.7. The van der Waals surface area contributed by atoms with Gasteiger partial charge in [0.2, 0.25) is 0 Å². The molecule has 0 aliphatic carbocycles. The van der Waals surface area contributed by atoms with E-state index >= 15 is 0 Å². The molecule has 0 saturated heterocycles. The summed E-state index contributed by atoms with van der Waals surface area (Å²) in [5, 5.41) is 9.68. The van der Waals surface area contributed by atoms with Gasteiger partial charge in [0.25, 0.3) is 0 Å². The molecule has 322 valence electrons. The maximum atomic E-state index is 13.0. The molecule has 0 atom stereocenters. The van der Waals surface area contributed by atoms with Gasteiger partial charge in [0.1, 0.15) is 6.10 Å². The van der Waals surface area contributed by atoms with Crippen molar-refractivity contribution in [1.82, 2.24) is 4.90 Å². The van der Waals surface area contributed by atoms with Gasteiger partial charge < -0.3 is 19.5 Å². The van der Waals surface area contributed by atoms with Gasteiger partial charge in [-0.15, -0.1) is 0 Å². The monoisotopic (exact) mass is 766 g/mol. The number of rotatable bonds is 41. The molecule has 6 nitrogen and oxygen atoms in total. The molecule has 0 aromatic rings. The normalized spacial score (nSPS) is 12.3. The zero-order valence-electron chi connectivity index (χ0n) is 37.6. The van der Waals surface area contributed by atoms with Gasteiger partial charge in [0, 0.05) is 13.0 Å². The third-order valence-electron chi connectivity index (χ3n) is 11.6. The van der Waals surface area contributed by atoms with Crippen LogP contribution < -0.4 is 0 Å². The van der Waals surface area contributed by atoms with Gasteiger partial charge in [-0.3, -0.25) is 9.59 Å². The van der Waals surface area contributed by atoms with Crippen LogP contribution in [0, 0.1) is 10.8 Å². The lowest BCUT2D eigenvalue weighted by atomic mass is 9.82. The van der Waals surface area contributed by atoms with Crippen LogP contribution in [0.3, 0.4) is 0 Å². The Labute approximate surface area is 337 Å². The summed E-state index contributed by atoms with van der Waals surface area (Å²) in [7, 11) is 0. The maximum Gasteiger partial charge on any atom is 0.311 e. The van der Waals surface area contributed by atoms with Gasteiger partial charge >= 0.3 is 11.9 Å². The summed E-state index contributed by atoms with van der Waals surface area (Å²) in [5.74, 6) is -0.0431. The van der Waals surface area contributed by atoms with Gasteiger partial charge in [-0.05, 0) is 96.6 Å². The van der Waals surface area contributed by atoms with Crippen LogP contribution in [0.1, 0.15) is 248 Å². The number of hydrogen-bond acceptors (Lipinski definition) is 6. The first kappa shape index (κ1) is 52.9. The first-order chi connectivity index (χ1) is 26.0. The number of esters is 2. The summed E-state index contributed by atoms with van der Waals surface area (Å²) >= 11 is 0. The second-order valence-electron chi connectivity index (χ2n) is 18.2. The predicted molar refractivity (Wildman–Crippen MR) is 232 cm³/mol. The van der Waals surface area contributed by atoms with Gasteiger partial charge in [-0.25, -0.2) is 0 Å². The summed E-state index contributed by atoms with van der Waals surface area (Å²) in [4.78, 5) is 28.1. The predicted octanol–water partition coefficient (Wildman–Crippen LogP) is 13.9. The van der Waals surface area contributed by atoms with Crippen molar-refractivity contribution < 1.29 is 24.2 Å². The van der Waals surface area contributed by atoms with Crippen LogP contribution in [-0.2, 0) is 19.1 Å². The quantitative estimate of drug-likeness (QED) is 0.0493. The molecule has 0 aromatic carbocycles. The zero-order chi connectivity index (χ0) is 40.2. The van der Waals surface area contributed by atoms with Crippen LogP contribution in [0.25, 0.3) is 0 Å². The molecule has 0 bridgehead atoms. The molecule has 6 heteroatoms. The molecule has 0 aliphatic rings. The van der Waals surface area contributed by atoms with E-state index in [-0.39, 0.29) is 30.1 Å². The van der Waals surface area contributed by atoms with E-state index in [1.807, 2.05) is 13.8 Å². The topological polar surface area (TPSA) is 76.1 Å². The van der Waals surface area contributed by atoms with Crippen molar-refractivity contribution in [2.45, 2.75) is 254 Å². The lowest BCUT2D eigenvalue weighted by molar-refractivity contribution is -0.154. The van der Waals surface area contributed by atoms with E-state index in [0.29, 0.717) is 13.0 Å². The average molecular weight is 766 g/mol. The molecular formula is C48H95NO5. The number of aliphatic hydroxyl groups excluding tert-OH is 1. The second kappa shape index (κ2) is 36.2. The van der Waals surface area contributed by atoms with Gasteiger partial charge in [0.15, 0.2) is 0 Å². The molecule has 54 heavy (non-hydrogen) atoms. The van der Waals surface area contributed by atoms with Gasteiger partial charge in [0.05, 0.1) is 18.6 Å². The smallest absolute Gasteiger partial charge is 0.311 e. The SMILES string of the molecule is CCCCCCCCCOC(=O)C(C)(C)CCCCCCN(CCO)CCCCC(C)(C)CCC(=O)OC(CCCCCCCC)CCCCCCCC. The zero-order valence-corrected chi connectivity index (χ0v) is 37.6. The minimum atomic E-state index is -0.416. The van der Waals surface area contributed by atoms with Crippen molar-refractivity contribution in [3.8, 4) is 0 Å². The molecule has 1 N–H and O–H groups in total. The molecule has 0 spiro atoms. The Bertz CT molecular complexity index is 827. The minimum absolute atomic E-state index is 0.00135. The molecule has 0 aliphatic heterocycles. The molecule has 0 radical (unpaired) electrons. The van der Waals surface area contributed by atoms with Crippen molar-refractivity contribution in [1.29, 1.82) is 0 Å². The number of hydrogen-bond donors (Lipinski definition) is 1. The van der Waals surface area contributed by atoms with E-state index in [9.17, 15) is 14.7 Å². The Morgan fingerprint density at radius 2 is 0.981 bits per heavy atom. The highest BCUT2D eigenvalue weighted by Gasteiger charge is 2.28. The van der Waals surface area contributed by atoms with E-state index in [4.69, 9.17) is 9.47 Å². The number of ether oxygens (including phenoxy) is 2. The van der Waals surface area contributed by atoms with Gasteiger partial charge in [-0.1, -0.05) is 163 Å². The fraction of sp³-hybridized carbons (Fsp3) is 0.958. The molecule has 0 saturated carbocycles. The Balaban J connectivity index is 4.34. The molecule has 0 heterocycles. The van der Waals surface area contributed by atoms with Crippen LogP contribution in [0.15, 0.2) is 0 Å². The highest BCUT2D eigenvalue weighted by atomic mass is 16.5. The average Bonchev–Trinajstić information content (AvgIpc) is 3.14. The number of unbranched alkanes of at least 4 members (excludes halogenated alkanes) is 20. The van der Waals surface area contributed by atoms with Crippen molar-refractivity contribution in [3.05, 3.63) is 0 Å². The standard InChI is InChI=1S/C48H95NO5/c1-8-11-14-17-20-25-32-43-53-46(52)48(6,7)37-28-23-24-30-39-49(41-42-50)40-31-29-36-47(4,5)38-35-45(51)54-44(33-26-21-18-15-12-9-2)34-27-22-19-16-13-10-3/h44,50H,8-43H2,1-7H3. The molecule has 0 rings (SSSR count). The number of aliphatic hydroxyl groups is 1. The number of carbonyl (C=O) groups excluding carboxylic acids is 2. The molecule has 0 fully saturated rings. The van der Waals surface area contributed by atoms with Crippen molar-refractivity contribution in [2.24, 2.45) is 10.8 Å². The van der Waals surface area contributed by atoms with Crippen molar-refractivity contribution in [2.75, 3.05) is 32.8 Å². The number of nitrogens with zero attached hydrogens (tertiary/aromatic N) is 1. The summed E-state index contributed by atoms with van der Waals surface area (Å²) in [6.07, 6.45) is 36.1. The van der Waals surface area contributed by atoms with Crippen molar-refractivity contribution in [3.63, 3.8) is 0 Å². The summed E-state index contributed by atoms with van der Waals surface area (Å²) in [6.45, 7) is 18.9. The van der Waals surface area contributed by atoms with E-state index in [0.717, 1.165) is 103 Å². The van der Waals surface area contributed by atoms with E-state index in [1.165, 1.54) is 109 Å². The Kier molecular flexibility index (Phi) is 35.5. The van der Waals surface area contributed by atoms with Crippen LogP contribution in [0.5, 0.6) is 0 Å². The molecule has 0 amide bonds. The maximum absolute atomic E-state index is 13.0. The Hall–Kier alpha value is -1.14. The van der Waals surface area contributed by atoms with Crippen LogP contribution >= 0.6 is 0 Å². The first-order valence-electron chi connectivity index (χ1n) is 23.7. The van der Waals surface area contributed by atoms with Crippen LogP contribution in [0.2, 0.25) is 0 Å². The Morgan fingerprint density at radius 1 is 0.537 bits per heavy atom. The van der Waals surface area contributed by atoms with E-state index in [1.54, 1.807) is 0 Å². The third kappa shape index (κ3) is 33.0. The lowest BCUT2D eigenvalue weighted by Gasteiger charge is -2.26. The van der Waals surface area contributed by atoms with Crippen LogP contribution in [-0.4, -0.2) is 60.9 Å². The van der Waals surface area contributed by atoms with E-state index < -0.39 is 5.41 Å². The van der Waals surface area contributed by atoms with Crippen molar-refractivity contribution >= 4 is 11.9 Å². The highest BCUT2D eigenvalue weighted by molar-refractivity contribution is 5.75. The van der Waals surface area contributed by atoms with Gasteiger partial charge in [-0.2, -0.15) is 0 Å². The number of carbonyl (C=O) groups is 2. The largest absolute Gasteiger partial charge is 0.465 e. The summed E-state index contributed by atoms with van der Waals surface area (Å²) in [6, 6.07) is 0. The molecular weight excluding hydrogens is 671 g/mol. The third-order valence-corrected chi connectivity index (χ3v) is 11.6. The fourth-order valence-electron chi connectivity index (χ4n) is 7.57.